The first-order valence-corrected chi connectivity index (χ1v) is 39.9. The number of guanidine groups is 1. The highest BCUT2D eigenvalue weighted by atomic mass is 35.6. The first kappa shape index (κ1) is 91.2. The fourth-order valence-corrected chi connectivity index (χ4v) is 11.6. The normalized spacial score (nSPS) is 11.1. The molecule has 0 atom stereocenters. The topological polar surface area (TPSA) is 505 Å². The van der Waals surface area contributed by atoms with Crippen molar-refractivity contribution in [2.24, 2.45) is 9.98 Å². The molecule has 7 aromatic heterocycles. The van der Waals surface area contributed by atoms with E-state index in [4.69, 9.17) is 34.8 Å². The highest BCUT2D eigenvalue weighted by Gasteiger charge is 2.31. The van der Waals surface area contributed by atoms with E-state index in [2.05, 4.69) is 143 Å². The summed E-state index contributed by atoms with van der Waals surface area (Å²) < 4.78 is -1.72. The lowest BCUT2D eigenvalue weighted by atomic mass is 10.2. The van der Waals surface area contributed by atoms with Crippen molar-refractivity contribution in [2.45, 2.75) is 52.3 Å². The predicted molar refractivity (Wildman–Crippen MR) is 496 cm³/mol. The highest BCUT2D eigenvalue weighted by molar-refractivity contribution is 6.77. The van der Waals surface area contributed by atoms with Crippen molar-refractivity contribution in [1.82, 2.24) is 95.0 Å². The van der Waals surface area contributed by atoms with Gasteiger partial charge in [-0.2, -0.15) is 59.8 Å². The fourth-order valence-electron chi connectivity index (χ4n) is 11.3. The summed E-state index contributed by atoms with van der Waals surface area (Å²) in [5.41, 5.74) is 8.65. The number of nitro benzene ring substituents is 1. The Kier molecular flexibility index (Phi) is 30.7. The smallest absolute Gasteiger partial charge is 0.273 e. The first-order valence-electron chi connectivity index (χ1n) is 38.8. The summed E-state index contributed by atoms with van der Waals surface area (Å²) >= 11 is 17.3. The molecule has 36 nitrogen and oxygen atoms in total. The van der Waals surface area contributed by atoms with E-state index >= 15 is 0 Å². The van der Waals surface area contributed by atoms with Gasteiger partial charge >= 0.3 is 0 Å². The summed E-state index contributed by atoms with van der Waals surface area (Å²) in [6.07, 6.45) is 8.12. The third-order valence-corrected chi connectivity index (χ3v) is 17.8. The van der Waals surface area contributed by atoms with Crippen LogP contribution in [0.15, 0.2) is 284 Å². The molecule has 0 saturated heterocycles. The molecule has 0 aliphatic carbocycles. The Bertz CT molecular complexity index is 6350. The van der Waals surface area contributed by atoms with Gasteiger partial charge in [-0.1, -0.05) is 181 Å². The lowest BCUT2D eigenvalue weighted by Gasteiger charge is -2.21. The second kappa shape index (κ2) is 43.4. The molecule has 8 heterocycles. The van der Waals surface area contributed by atoms with E-state index in [1.807, 2.05) is 155 Å². The molecule has 129 heavy (non-hydrogen) atoms. The Morgan fingerprint density at radius 2 is 0.674 bits per heavy atom. The number of nitrogens with zero attached hydrogens (tertiary/aromatic N) is 21. The largest absolute Gasteiger partial charge is 0.506 e. The maximum atomic E-state index is 10.7. The summed E-state index contributed by atoms with van der Waals surface area (Å²) in [6, 6.07) is 67.5. The van der Waals surface area contributed by atoms with Crippen molar-refractivity contribution in [3.05, 3.63) is 324 Å². The van der Waals surface area contributed by atoms with Gasteiger partial charge in [-0.25, -0.2) is 29.9 Å². The standard InChI is InChI=1S/C17H16N4O.C16H13N5O3.C16H14N4O.C15H13N5O.C14H12N6O.C12H11Cl3N4O/c1-11-8-9-14(15(22)10-11)20-17-19-12(2)18-16(21-17)13-6-4-3-5-7-13;1-10-17-15(11-5-3-2-4-6-11)20-16(18-10)19-13-8-7-12(21(23)24)9-14(13)22;1-11-17-15(12-7-3-2-4-8-12)20-16(18-11)19-13-9-5-6-10-14(13)21;1-10-17-14(11-5-4-8-16-9-11)20-15(18-10)19-12-6-2-3-7-13(12)21;1-9-17-13(11-8-15-6-7-16-11)20-14(18-9)19-10-4-2-3-5-12(10)21;1-6-3-4-8(9(20)5-6)18-11-17-7(2)16-10(19-11)12(13,14)15/h3-10,22H,1-2H3,(H,18,19,20,21);2-9,22H,1H3,(H,17,18,19,20);2-10,21H,1H3,(H,17,18,19,20);2-9,21H,1H3,(H,17,18,19,20);2-8,21H,1H3,(H,17,18,19,20);3-5,20H,2H2,1H3,(H2,16,17,18,19). The van der Waals surface area contributed by atoms with Crippen LogP contribution in [0.5, 0.6) is 34.5 Å². The molecular weight excluding hydrogens is 1710 g/mol. The number of phenols is 6. The van der Waals surface area contributed by atoms with Crippen LogP contribution in [0.25, 0.3) is 57.1 Å². The molecule has 0 radical (unpaired) electrons. The number of aryl methyl sites for hydroxylation is 7. The average Bonchev–Trinajstić information content (AvgIpc) is 0.850. The Morgan fingerprint density at radius 3 is 1.02 bits per heavy atom. The van der Waals surface area contributed by atoms with Crippen molar-refractivity contribution in [1.29, 1.82) is 0 Å². The predicted octanol–water partition coefficient (Wildman–Crippen LogP) is 18.2. The average molecular weight is 1790 g/mol. The highest BCUT2D eigenvalue weighted by Crippen LogP contribution is 2.35. The molecule has 17 rings (SSSR count). The summed E-state index contributed by atoms with van der Waals surface area (Å²) in [4.78, 5) is 94.9. The number of para-hydroxylation sites is 6. The van der Waals surface area contributed by atoms with Crippen molar-refractivity contribution < 1.29 is 35.6 Å². The summed E-state index contributed by atoms with van der Waals surface area (Å²) in [6.45, 7) is 16.3. The number of nitro groups is 1. The number of anilines is 11. The lowest BCUT2D eigenvalue weighted by molar-refractivity contribution is -0.384. The number of hydrogen-bond acceptors (Lipinski definition) is 35. The molecule has 9 aromatic carbocycles. The number of nitrogens with one attached hydrogen (secondary N) is 7. The van der Waals surface area contributed by atoms with Crippen molar-refractivity contribution in [3.8, 4) is 91.6 Å². The first-order chi connectivity index (χ1) is 62.1. The third-order valence-electron chi connectivity index (χ3n) is 17.2. The second-order valence-corrected chi connectivity index (χ2v) is 29.6. The van der Waals surface area contributed by atoms with Crippen LogP contribution in [0.1, 0.15) is 40.2 Å². The van der Waals surface area contributed by atoms with Crippen LogP contribution in [-0.2, 0) is 0 Å². The van der Waals surface area contributed by atoms with Gasteiger partial charge in [0.25, 0.3) is 5.69 Å². The number of aromatic nitrogens is 18. The molecule has 648 valence electrons. The van der Waals surface area contributed by atoms with Crippen LogP contribution in [0.3, 0.4) is 0 Å². The Labute approximate surface area is 752 Å². The monoisotopic (exact) mass is 1780 g/mol. The van der Waals surface area contributed by atoms with E-state index in [9.17, 15) is 40.8 Å². The summed E-state index contributed by atoms with van der Waals surface area (Å²) in [7, 11) is 0. The molecule has 16 aromatic rings. The number of phenolic OH excluding ortho intramolecular Hbond substituents is 6. The Hall–Kier alpha value is -17.0. The zero-order chi connectivity index (χ0) is 91.5. The molecule has 1 aliphatic rings. The minimum atomic E-state index is -1.72. The second-order valence-electron chi connectivity index (χ2n) is 27.3. The number of alkyl halides is 3. The van der Waals surface area contributed by atoms with Gasteiger partial charge in [-0.15, -0.1) is 0 Å². The van der Waals surface area contributed by atoms with E-state index in [0.717, 1.165) is 39.4 Å². The number of halogens is 3. The van der Waals surface area contributed by atoms with Crippen LogP contribution < -0.4 is 37.2 Å². The number of aliphatic imine (C=N–C) groups is 2. The zero-order valence-electron chi connectivity index (χ0n) is 69.6. The van der Waals surface area contributed by atoms with E-state index in [0.29, 0.717) is 116 Å². The molecule has 0 saturated carbocycles. The van der Waals surface area contributed by atoms with Gasteiger partial charge in [-0.3, -0.25) is 20.1 Å². The van der Waals surface area contributed by atoms with Crippen molar-refractivity contribution in [2.75, 3.05) is 31.9 Å². The molecule has 0 bridgehead atoms. The van der Waals surface area contributed by atoms with Crippen molar-refractivity contribution in [3.63, 3.8) is 0 Å². The number of amidine groups is 1. The molecule has 0 amide bonds. The van der Waals surface area contributed by atoms with E-state index < -0.39 is 8.72 Å². The van der Waals surface area contributed by atoms with Gasteiger partial charge in [0.05, 0.1) is 51.3 Å². The summed E-state index contributed by atoms with van der Waals surface area (Å²) in [5.74, 6) is 8.19. The molecular formula is C90H79Cl3N28O8. The van der Waals surface area contributed by atoms with Crippen LogP contribution in [0.4, 0.5) is 69.6 Å². The molecule has 1 aliphatic heterocycles. The van der Waals surface area contributed by atoms with Crippen LogP contribution in [-0.4, -0.2) is 141 Å². The molecule has 0 fully saturated rings. The third kappa shape index (κ3) is 27.0. The minimum absolute atomic E-state index is 0.0717. The van der Waals surface area contributed by atoms with Crippen LogP contribution >= 0.6 is 34.8 Å². The van der Waals surface area contributed by atoms with Gasteiger partial charge in [0.1, 0.15) is 75.1 Å². The minimum Gasteiger partial charge on any atom is -0.506 e. The van der Waals surface area contributed by atoms with E-state index in [-0.39, 0.29) is 69.4 Å². The molecule has 39 heteroatoms. The maximum absolute atomic E-state index is 10.7. The fraction of sp³-hybridized carbons (Fsp3) is 0.0889. The lowest BCUT2D eigenvalue weighted by Crippen LogP contribution is -2.38. The number of non-ortho nitro benzene ring substituents is 1. The number of benzene rings is 9. The van der Waals surface area contributed by atoms with Gasteiger partial charge in [0.15, 0.2) is 35.0 Å². The number of pyridine rings is 1. The number of hydrogen-bond donors (Lipinski definition) is 13. The SMILES string of the molecule is C=C1N=C(Nc2ccc(C)cc2O)N=C(C(Cl)(Cl)Cl)N1.Cc1ccc(Nc2nc(C)nc(-c3ccccc3)n2)c(O)c1.Cc1nc(Nc2ccc([N+](=O)[O-])cc2O)nc(-c2ccccc2)n1.Cc1nc(Nc2ccccc2O)nc(-c2ccccc2)n1.Cc1nc(Nc2ccccc2O)nc(-c2cccnc2)n1.Cc1nc(Nc2ccccc2O)nc(-c2cnccn2)n1. The molecule has 0 spiro atoms. The maximum Gasteiger partial charge on any atom is 0.273 e. The Balaban J connectivity index is 0.000000140. The molecule has 0 unspecified atom stereocenters. The van der Waals surface area contributed by atoms with Crippen molar-refractivity contribution >= 4 is 116 Å². The van der Waals surface area contributed by atoms with Gasteiger partial charge in [0, 0.05) is 53.1 Å². The Morgan fingerprint density at radius 1 is 0.341 bits per heavy atom. The van der Waals surface area contributed by atoms with E-state index in [1.165, 1.54) is 12.1 Å². The van der Waals surface area contributed by atoms with Gasteiger partial charge in [0.2, 0.25) is 39.5 Å². The summed E-state index contributed by atoms with van der Waals surface area (Å²) in [5, 5.41) is 90.2. The quantitative estimate of drug-likeness (QED) is 0.0174. The van der Waals surface area contributed by atoms with Crippen LogP contribution in [0, 0.1) is 58.6 Å². The number of aromatic hydroxyl groups is 6. The zero-order valence-corrected chi connectivity index (χ0v) is 71.8. The number of rotatable bonds is 17. The van der Waals surface area contributed by atoms with Gasteiger partial charge < -0.3 is 67.9 Å². The van der Waals surface area contributed by atoms with Crippen LogP contribution in [0.2, 0.25) is 0 Å². The molecule has 13 N–H and O–H groups in total. The van der Waals surface area contributed by atoms with E-state index in [1.54, 1.807) is 137 Å². The van der Waals surface area contributed by atoms with Gasteiger partial charge in [-0.05, 0) is 138 Å².